The number of hydrogen-bond acceptors (Lipinski definition) is 3. The molecule has 0 aliphatic heterocycles. The van der Waals surface area contributed by atoms with Gasteiger partial charge in [-0.25, -0.2) is 8.78 Å². The van der Waals surface area contributed by atoms with Gasteiger partial charge in [-0.3, -0.25) is 4.21 Å². The number of aliphatic hydroxyl groups excluding tert-OH is 1. The van der Waals surface area contributed by atoms with Crippen molar-refractivity contribution in [2.24, 2.45) is 5.92 Å². The van der Waals surface area contributed by atoms with E-state index in [1.807, 2.05) is 13.8 Å². The number of nitrogens with one attached hydrogen (secondary N) is 1. The lowest BCUT2D eigenvalue weighted by Gasteiger charge is -2.13. The van der Waals surface area contributed by atoms with Crippen LogP contribution in [0.4, 0.5) is 8.78 Å². The molecule has 0 saturated heterocycles. The average molecular weight is 291 g/mol. The topological polar surface area (TPSA) is 49.3 Å². The Kier molecular flexibility index (Phi) is 6.54. The van der Waals surface area contributed by atoms with Gasteiger partial charge in [-0.1, -0.05) is 13.8 Å². The van der Waals surface area contributed by atoms with E-state index < -0.39 is 28.5 Å². The summed E-state index contributed by atoms with van der Waals surface area (Å²) in [6.45, 7) is 5.11. The highest BCUT2D eigenvalue weighted by molar-refractivity contribution is 7.85. The van der Waals surface area contributed by atoms with Crippen LogP contribution in [0.25, 0.3) is 0 Å². The maximum atomic E-state index is 13.4. The normalized spacial score (nSPS) is 14.6. The van der Waals surface area contributed by atoms with Gasteiger partial charge in [0.05, 0.1) is 27.6 Å². The van der Waals surface area contributed by atoms with E-state index in [0.29, 0.717) is 18.5 Å². The Morgan fingerprint density at radius 2 is 2.00 bits per heavy atom. The molecule has 6 heteroatoms. The second-order valence-corrected chi connectivity index (χ2v) is 6.26. The van der Waals surface area contributed by atoms with Crippen LogP contribution in [-0.2, 0) is 10.8 Å². The first kappa shape index (κ1) is 16.2. The van der Waals surface area contributed by atoms with Gasteiger partial charge in [0.15, 0.2) is 0 Å². The molecule has 1 aromatic carbocycles. The van der Waals surface area contributed by atoms with Crippen LogP contribution in [0.2, 0.25) is 0 Å². The molecule has 108 valence electrons. The van der Waals surface area contributed by atoms with Crippen molar-refractivity contribution < 1.29 is 18.1 Å². The molecular formula is C13H19F2NO2S. The van der Waals surface area contributed by atoms with Crippen molar-refractivity contribution in [2.45, 2.75) is 24.8 Å². The fourth-order valence-electron chi connectivity index (χ4n) is 1.52. The smallest absolute Gasteiger partial charge is 0.142 e. The molecule has 3 nitrogen and oxygen atoms in total. The van der Waals surface area contributed by atoms with Gasteiger partial charge >= 0.3 is 0 Å². The summed E-state index contributed by atoms with van der Waals surface area (Å²) in [5, 5.41) is 12.7. The molecule has 2 unspecified atom stereocenters. The van der Waals surface area contributed by atoms with Crippen LogP contribution in [0.5, 0.6) is 0 Å². The standard InChI is InChI=1S/C13H19F2NO2S/c1-9(2)6-16-7-11(17)8-19(18)13-4-3-10(14)5-12(13)15/h3-5,9,11,16-17H,6-8H2,1-2H3. The van der Waals surface area contributed by atoms with Gasteiger partial charge in [0.1, 0.15) is 11.6 Å². The van der Waals surface area contributed by atoms with Crippen LogP contribution in [0.15, 0.2) is 23.1 Å². The summed E-state index contributed by atoms with van der Waals surface area (Å²) in [6, 6.07) is 2.89. The second-order valence-electron chi connectivity index (χ2n) is 4.79. The SMILES string of the molecule is CC(C)CNCC(O)CS(=O)c1ccc(F)cc1F. The highest BCUT2D eigenvalue weighted by atomic mass is 32.2. The van der Waals surface area contributed by atoms with Gasteiger partial charge in [0, 0.05) is 12.6 Å². The molecule has 2 atom stereocenters. The largest absolute Gasteiger partial charge is 0.391 e. The molecule has 2 N–H and O–H groups in total. The minimum atomic E-state index is -1.68. The highest BCUT2D eigenvalue weighted by Gasteiger charge is 2.15. The number of halogens is 2. The molecule has 0 bridgehead atoms. The third-order valence-corrected chi connectivity index (χ3v) is 3.92. The molecule has 0 saturated carbocycles. The van der Waals surface area contributed by atoms with Crippen LogP contribution < -0.4 is 5.32 Å². The third-order valence-electron chi connectivity index (χ3n) is 2.42. The molecule has 0 heterocycles. The molecular weight excluding hydrogens is 272 g/mol. The zero-order valence-electron chi connectivity index (χ0n) is 11.0. The van der Waals surface area contributed by atoms with Crippen LogP contribution in [-0.4, -0.2) is 34.3 Å². The predicted molar refractivity (Wildman–Crippen MR) is 71.3 cm³/mol. The summed E-state index contributed by atoms with van der Waals surface area (Å²) in [5.74, 6) is -1.18. The van der Waals surface area contributed by atoms with E-state index >= 15 is 0 Å². The van der Waals surface area contributed by atoms with E-state index in [1.165, 1.54) is 0 Å². The van der Waals surface area contributed by atoms with E-state index in [0.717, 1.165) is 18.7 Å². The zero-order chi connectivity index (χ0) is 14.4. The highest BCUT2D eigenvalue weighted by Crippen LogP contribution is 2.14. The first-order valence-corrected chi connectivity index (χ1v) is 7.44. The van der Waals surface area contributed by atoms with Gasteiger partial charge in [-0.05, 0) is 24.6 Å². The molecule has 0 spiro atoms. The van der Waals surface area contributed by atoms with Crippen LogP contribution in [0, 0.1) is 17.6 Å². The van der Waals surface area contributed by atoms with Crippen molar-refractivity contribution in [1.82, 2.24) is 5.32 Å². The van der Waals surface area contributed by atoms with Crippen LogP contribution in [0.1, 0.15) is 13.8 Å². The number of rotatable bonds is 7. The Labute approximate surface area is 114 Å². The Balaban J connectivity index is 2.50. The fraction of sp³-hybridized carbons (Fsp3) is 0.538. The van der Waals surface area contributed by atoms with Crippen molar-refractivity contribution in [3.8, 4) is 0 Å². The maximum Gasteiger partial charge on any atom is 0.142 e. The number of benzene rings is 1. The number of aliphatic hydroxyl groups is 1. The Morgan fingerprint density at radius 3 is 2.58 bits per heavy atom. The minimum absolute atomic E-state index is 0.0757. The van der Waals surface area contributed by atoms with Gasteiger partial charge in [-0.15, -0.1) is 0 Å². The summed E-state index contributed by atoms with van der Waals surface area (Å²) in [6.07, 6.45) is -0.830. The molecule has 0 fully saturated rings. The van der Waals surface area contributed by atoms with Gasteiger partial charge < -0.3 is 10.4 Å². The lowest BCUT2D eigenvalue weighted by atomic mass is 10.2. The van der Waals surface area contributed by atoms with Gasteiger partial charge in [0.2, 0.25) is 0 Å². The Bertz CT molecular complexity index is 441. The fourth-order valence-corrected chi connectivity index (χ4v) is 2.67. The summed E-state index contributed by atoms with van der Waals surface area (Å²) in [7, 11) is -1.68. The molecule has 0 radical (unpaired) electrons. The molecule has 0 aliphatic carbocycles. The first-order valence-electron chi connectivity index (χ1n) is 6.12. The quantitative estimate of drug-likeness (QED) is 0.803. The molecule has 0 aliphatic rings. The van der Waals surface area contributed by atoms with E-state index in [9.17, 15) is 18.1 Å². The van der Waals surface area contributed by atoms with E-state index in [4.69, 9.17) is 0 Å². The van der Waals surface area contributed by atoms with Crippen molar-refractivity contribution in [1.29, 1.82) is 0 Å². The van der Waals surface area contributed by atoms with Crippen LogP contribution in [0.3, 0.4) is 0 Å². The van der Waals surface area contributed by atoms with Gasteiger partial charge in [0.25, 0.3) is 0 Å². The van der Waals surface area contributed by atoms with Gasteiger partial charge in [-0.2, -0.15) is 0 Å². The van der Waals surface area contributed by atoms with Crippen molar-refractivity contribution in [3.63, 3.8) is 0 Å². The maximum absolute atomic E-state index is 13.4. The zero-order valence-corrected chi connectivity index (χ0v) is 11.8. The second kappa shape index (κ2) is 7.67. The lowest BCUT2D eigenvalue weighted by Crippen LogP contribution is -2.33. The average Bonchev–Trinajstić information content (AvgIpc) is 2.27. The lowest BCUT2D eigenvalue weighted by molar-refractivity contribution is 0.193. The summed E-state index contributed by atoms with van der Waals surface area (Å²) >= 11 is 0. The monoisotopic (exact) mass is 291 g/mol. The predicted octanol–water partition coefficient (Wildman–Crippen LogP) is 1.68. The third kappa shape index (κ3) is 5.76. The van der Waals surface area contributed by atoms with Crippen LogP contribution >= 0.6 is 0 Å². The number of hydrogen-bond donors (Lipinski definition) is 2. The Morgan fingerprint density at radius 1 is 1.32 bits per heavy atom. The molecule has 0 aromatic heterocycles. The molecule has 1 aromatic rings. The summed E-state index contributed by atoms with van der Waals surface area (Å²) < 4.78 is 37.9. The van der Waals surface area contributed by atoms with Crippen molar-refractivity contribution in [3.05, 3.63) is 29.8 Å². The summed E-state index contributed by atoms with van der Waals surface area (Å²) in [5.41, 5.74) is 0. The minimum Gasteiger partial charge on any atom is -0.391 e. The van der Waals surface area contributed by atoms with E-state index in [1.54, 1.807) is 0 Å². The Hall–Kier alpha value is -0.850. The first-order chi connectivity index (χ1) is 8.90. The molecule has 0 amide bonds. The van der Waals surface area contributed by atoms with Crippen molar-refractivity contribution >= 4 is 10.8 Å². The molecule has 1 rings (SSSR count). The van der Waals surface area contributed by atoms with Crippen molar-refractivity contribution in [2.75, 3.05) is 18.8 Å². The van der Waals surface area contributed by atoms with E-state index in [-0.39, 0.29) is 10.6 Å². The molecule has 19 heavy (non-hydrogen) atoms. The van der Waals surface area contributed by atoms with E-state index in [2.05, 4.69) is 5.32 Å². The summed E-state index contributed by atoms with van der Waals surface area (Å²) in [4.78, 5) is -0.0793.